The average molecular weight is 329 g/mol. The summed E-state index contributed by atoms with van der Waals surface area (Å²) >= 11 is 22.3. The summed E-state index contributed by atoms with van der Waals surface area (Å²) in [7, 11) is 0. The molecule has 0 bridgehead atoms. The summed E-state index contributed by atoms with van der Waals surface area (Å²) in [5, 5.41) is 2.56. The highest BCUT2D eigenvalue weighted by molar-refractivity contribution is 7.81. The number of thiocarbonyl (C=S) groups is 1. The lowest BCUT2D eigenvalue weighted by Crippen LogP contribution is -2.28. The van der Waals surface area contributed by atoms with Crippen molar-refractivity contribution in [1.29, 1.82) is 0 Å². The third-order valence-electron chi connectivity index (χ3n) is 2.26. The lowest BCUT2D eigenvalue weighted by Gasteiger charge is -2.17. The van der Waals surface area contributed by atoms with Crippen LogP contribution in [0.5, 0.6) is 0 Å². The molecule has 0 aliphatic heterocycles. The number of aromatic nitrogens is 3. The minimum Gasteiger partial charge on any atom is -0.244 e. The molecule has 1 aromatic rings. The molecule has 1 aliphatic carbocycles. The monoisotopic (exact) mass is 327 g/mol. The lowest BCUT2D eigenvalue weighted by molar-refractivity contribution is 0.299. The first-order valence-electron chi connectivity index (χ1n) is 4.66. The van der Waals surface area contributed by atoms with Crippen LogP contribution in [-0.2, 0) is 0 Å². The highest BCUT2D eigenvalue weighted by atomic mass is 35.5. The second kappa shape index (κ2) is 5.13. The van der Waals surface area contributed by atoms with Crippen molar-refractivity contribution >= 4 is 57.6 Å². The molecule has 0 radical (unpaired) electrons. The van der Waals surface area contributed by atoms with Gasteiger partial charge in [0.05, 0.1) is 5.70 Å². The van der Waals surface area contributed by atoms with Crippen molar-refractivity contribution in [2.24, 2.45) is 0 Å². The second-order valence-corrected chi connectivity index (χ2v) is 5.36. The van der Waals surface area contributed by atoms with E-state index in [-0.39, 0.29) is 16.4 Å². The number of allylic oxidation sites excluding steroid dienone is 4. The molecule has 0 aromatic carbocycles. The maximum atomic E-state index is 13.2. The average Bonchev–Trinajstić information content (AvgIpc) is 2.60. The first kappa shape index (κ1) is 13.7. The van der Waals surface area contributed by atoms with Crippen LogP contribution in [0.15, 0.2) is 23.0 Å². The predicted molar refractivity (Wildman–Crippen MR) is 73.1 cm³/mol. The minimum atomic E-state index is -1.17. The van der Waals surface area contributed by atoms with Crippen LogP contribution in [0.4, 0.5) is 4.48 Å². The Morgan fingerprint density at radius 2 is 2.17 bits per heavy atom. The molecule has 0 fully saturated rings. The van der Waals surface area contributed by atoms with Crippen molar-refractivity contribution in [1.82, 2.24) is 14.6 Å². The van der Waals surface area contributed by atoms with Gasteiger partial charge in [0.25, 0.3) is 0 Å². The van der Waals surface area contributed by atoms with Crippen molar-refractivity contribution in [3.63, 3.8) is 0 Å². The zero-order valence-electron chi connectivity index (χ0n) is 8.56. The van der Waals surface area contributed by atoms with Gasteiger partial charge < -0.3 is 0 Å². The SMILES string of the molecule is O=c1n(F)nc(C(Cl)Cl)n1C1=CC=CC(=S)C1Cl. The summed E-state index contributed by atoms with van der Waals surface area (Å²) in [6.45, 7) is 0. The van der Waals surface area contributed by atoms with Gasteiger partial charge in [-0.15, -0.1) is 16.7 Å². The molecule has 1 aliphatic rings. The summed E-state index contributed by atoms with van der Waals surface area (Å²) in [6, 6.07) is 0. The number of hydrogen-bond acceptors (Lipinski definition) is 3. The van der Waals surface area contributed by atoms with Gasteiger partial charge in [-0.25, -0.2) is 9.36 Å². The first-order chi connectivity index (χ1) is 8.43. The number of nitrogens with zero attached hydrogens (tertiary/aromatic N) is 3. The molecule has 0 spiro atoms. The van der Waals surface area contributed by atoms with E-state index in [1.54, 1.807) is 12.2 Å². The maximum Gasteiger partial charge on any atom is 0.379 e. The summed E-state index contributed by atoms with van der Waals surface area (Å²) in [5.41, 5.74) is -0.773. The minimum absolute atomic E-state index is 0.152. The largest absolute Gasteiger partial charge is 0.379 e. The molecular formula is C9H5Cl3FN3OS. The van der Waals surface area contributed by atoms with Crippen molar-refractivity contribution in [3.8, 4) is 0 Å². The third-order valence-corrected chi connectivity index (χ3v) is 3.61. The highest BCUT2D eigenvalue weighted by Crippen LogP contribution is 2.28. The van der Waals surface area contributed by atoms with Crippen LogP contribution in [0.1, 0.15) is 10.7 Å². The zero-order valence-corrected chi connectivity index (χ0v) is 11.6. The quantitative estimate of drug-likeness (QED) is 0.619. The van der Waals surface area contributed by atoms with E-state index in [1.165, 1.54) is 6.08 Å². The standard InChI is InChI=1S/C9H5Cl3FN3OS/c10-6-4(2-1-3-5(6)18)15-8(7(11)12)14-16(13)9(15)17/h1-3,6-7H. The molecule has 9 heteroatoms. The number of alkyl halides is 3. The van der Waals surface area contributed by atoms with Gasteiger partial charge >= 0.3 is 5.69 Å². The van der Waals surface area contributed by atoms with Crippen LogP contribution >= 0.6 is 47.0 Å². The smallest absolute Gasteiger partial charge is 0.244 e. The van der Waals surface area contributed by atoms with Crippen LogP contribution in [0, 0.1) is 0 Å². The van der Waals surface area contributed by atoms with Gasteiger partial charge in [0.1, 0.15) is 5.38 Å². The molecule has 0 saturated carbocycles. The van der Waals surface area contributed by atoms with E-state index in [1.807, 2.05) is 0 Å². The summed E-state index contributed by atoms with van der Waals surface area (Å²) in [5.74, 6) is -0.152. The van der Waals surface area contributed by atoms with Gasteiger partial charge in [-0.2, -0.15) is 0 Å². The first-order valence-corrected chi connectivity index (χ1v) is 6.38. The molecule has 0 N–H and O–H groups in total. The Morgan fingerprint density at radius 3 is 2.78 bits per heavy atom. The van der Waals surface area contributed by atoms with Gasteiger partial charge in [-0.05, 0) is 17.1 Å². The summed E-state index contributed by atoms with van der Waals surface area (Å²) in [6.07, 6.45) is 4.73. The normalized spacial score (nSPS) is 19.5. The molecule has 0 amide bonds. The summed E-state index contributed by atoms with van der Waals surface area (Å²) < 4.78 is 14.1. The van der Waals surface area contributed by atoms with Crippen molar-refractivity contribution in [2.45, 2.75) is 10.2 Å². The van der Waals surface area contributed by atoms with E-state index in [0.717, 1.165) is 4.57 Å². The number of hydrogen-bond donors (Lipinski definition) is 0. The van der Waals surface area contributed by atoms with Gasteiger partial charge in [-0.3, -0.25) is 0 Å². The van der Waals surface area contributed by atoms with E-state index in [0.29, 0.717) is 4.86 Å². The van der Waals surface area contributed by atoms with Crippen LogP contribution < -0.4 is 5.69 Å². The molecule has 1 aromatic heterocycles. The van der Waals surface area contributed by atoms with Gasteiger partial charge in [0, 0.05) is 4.86 Å². The molecule has 1 unspecified atom stereocenters. The van der Waals surface area contributed by atoms with Crippen molar-refractivity contribution in [3.05, 3.63) is 34.5 Å². The third kappa shape index (κ3) is 2.25. The Bertz CT molecular complexity index is 619. The fourth-order valence-electron chi connectivity index (χ4n) is 1.49. The molecule has 0 saturated heterocycles. The van der Waals surface area contributed by atoms with E-state index < -0.39 is 15.9 Å². The highest BCUT2D eigenvalue weighted by Gasteiger charge is 2.27. The number of rotatable bonds is 2. The lowest BCUT2D eigenvalue weighted by atomic mass is 10.1. The van der Waals surface area contributed by atoms with Crippen molar-refractivity contribution in [2.75, 3.05) is 0 Å². The number of halogens is 4. The topological polar surface area (TPSA) is 39.8 Å². The Balaban J connectivity index is 2.65. The molecule has 4 nitrogen and oxygen atoms in total. The van der Waals surface area contributed by atoms with Crippen LogP contribution in [-0.4, -0.2) is 24.8 Å². The van der Waals surface area contributed by atoms with Crippen LogP contribution in [0.3, 0.4) is 0 Å². The fraction of sp³-hybridized carbons (Fsp3) is 0.222. The van der Waals surface area contributed by atoms with Crippen LogP contribution in [0.2, 0.25) is 0 Å². The van der Waals surface area contributed by atoms with E-state index in [2.05, 4.69) is 5.10 Å². The van der Waals surface area contributed by atoms with E-state index in [4.69, 9.17) is 47.0 Å². The fourth-order valence-corrected chi connectivity index (χ4v) is 2.21. The van der Waals surface area contributed by atoms with Crippen molar-refractivity contribution < 1.29 is 4.48 Å². The Kier molecular flexibility index (Phi) is 3.91. The van der Waals surface area contributed by atoms with Crippen LogP contribution in [0.25, 0.3) is 5.70 Å². The Morgan fingerprint density at radius 1 is 1.50 bits per heavy atom. The summed E-state index contributed by atoms with van der Waals surface area (Å²) in [4.78, 5) is 10.5. The van der Waals surface area contributed by atoms with Gasteiger partial charge in [0.15, 0.2) is 10.7 Å². The second-order valence-electron chi connectivity index (χ2n) is 3.35. The molecule has 18 heavy (non-hydrogen) atoms. The van der Waals surface area contributed by atoms with Gasteiger partial charge in [-0.1, -0.05) is 46.0 Å². The van der Waals surface area contributed by atoms with E-state index >= 15 is 0 Å². The molecule has 1 heterocycles. The Hall–Kier alpha value is -0.690. The molecule has 1 atom stereocenters. The van der Waals surface area contributed by atoms with Gasteiger partial charge in [0.2, 0.25) is 0 Å². The molecule has 96 valence electrons. The maximum absolute atomic E-state index is 13.2. The van der Waals surface area contributed by atoms with E-state index in [9.17, 15) is 9.28 Å². The predicted octanol–water partition coefficient (Wildman–Crippen LogP) is 2.64. The zero-order chi connectivity index (χ0) is 13.4. The Labute approximate surface area is 121 Å². The molecule has 2 rings (SSSR count). The molecular weight excluding hydrogens is 324 g/mol.